The summed E-state index contributed by atoms with van der Waals surface area (Å²) in [5.74, 6) is 0.255. The van der Waals surface area contributed by atoms with E-state index in [9.17, 15) is 4.79 Å². The SMILES string of the molecule is COC(=O)/C=C/O/N=C1\CC2(CCC2)Oc2cnccc21. The second-order valence-electron chi connectivity index (χ2n) is 5.16. The third-order valence-electron chi connectivity index (χ3n) is 3.81. The number of fused-ring (bicyclic) bond motifs is 1. The third kappa shape index (κ3) is 2.74. The quantitative estimate of drug-likeness (QED) is 0.369. The maximum absolute atomic E-state index is 11.0. The zero-order chi connectivity index (χ0) is 14.7. The van der Waals surface area contributed by atoms with E-state index >= 15 is 0 Å². The number of esters is 1. The van der Waals surface area contributed by atoms with Crippen LogP contribution in [0.4, 0.5) is 0 Å². The molecule has 21 heavy (non-hydrogen) atoms. The molecular formula is C15H16N2O4. The Bertz CT molecular complexity index is 605. The van der Waals surface area contributed by atoms with E-state index < -0.39 is 5.97 Å². The van der Waals surface area contributed by atoms with Crippen LogP contribution in [-0.2, 0) is 14.4 Å². The summed E-state index contributed by atoms with van der Waals surface area (Å²) in [6.45, 7) is 0. The van der Waals surface area contributed by atoms with Gasteiger partial charge >= 0.3 is 5.97 Å². The normalized spacial score (nSPS) is 20.7. The van der Waals surface area contributed by atoms with Gasteiger partial charge in [-0.15, -0.1) is 0 Å². The number of methoxy groups -OCH3 is 1. The van der Waals surface area contributed by atoms with Crippen LogP contribution in [0.25, 0.3) is 0 Å². The summed E-state index contributed by atoms with van der Waals surface area (Å²) in [7, 11) is 1.31. The summed E-state index contributed by atoms with van der Waals surface area (Å²) >= 11 is 0. The van der Waals surface area contributed by atoms with Gasteiger partial charge in [0.2, 0.25) is 0 Å². The molecule has 0 bridgehead atoms. The Morgan fingerprint density at radius 1 is 1.52 bits per heavy atom. The van der Waals surface area contributed by atoms with Crippen molar-refractivity contribution in [1.82, 2.24) is 4.98 Å². The Labute approximate surface area is 122 Å². The highest BCUT2D eigenvalue weighted by Crippen LogP contribution is 2.44. The maximum Gasteiger partial charge on any atom is 0.333 e. The molecule has 6 heteroatoms. The zero-order valence-corrected chi connectivity index (χ0v) is 11.7. The van der Waals surface area contributed by atoms with Crippen molar-refractivity contribution in [2.24, 2.45) is 5.16 Å². The molecule has 1 aliphatic heterocycles. The van der Waals surface area contributed by atoms with Crippen molar-refractivity contribution in [3.63, 3.8) is 0 Å². The molecule has 1 saturated carbocycles. The molecule has 0 N–H and O–H groups in total. The fourth-order valence-corrected chi connectivity index (χ4v) is 2.55. The Kier molecular flexibility index (Phi) is 3.60. The van der Waals surface area contributed by atoms with E-state index in [-0.39, 0.29) is 5.60 Å². The molecule has 0 saturated heterocycles. The van der Waals surface area contributed by atoms with Crippen LogP contribution in [0.5, 0.6) is 5.75 Å². The van der Waals surface area contributed by atoms with Crippen molar-refractivity contribution >= 4 is 11.7 Å². The Hall–Kier alpha value is -2.37. The number of hydrogen-bond acceptors (Lipinski definition) is 6. The van der Waals surface area contributed by atoms with Crippen LogP contribution in [0.3, 0.4) is 0 Å². The van der Waals surface area contributed by atoms with E-state index in [2.05, 4.69) is 14.9 Å². The van der Waals surface area contributed by atoms with Crippen molar-refractivity contribution in [3.05, 3.63) is 36.4 Å². The average Bonchev–Trinajstić information content (AvgIpc) is 2.49. The molecule has 2 aliphatic rings. The van der Waals surface area contributed by atoms with Crippen LogP contribution in [0.15, 0.2) is 36.0 Å². The molecule has 1 aromatic rings. The molecule has 0 radical (unpaired) electrons. The lowest BCUT2D eigenvalue weighted by atomic mass is 9.74. The lowest BCUT2D eigenvalue weighted by Crippen LogP contribution is -2.47. The summed E-state index contributed by atoms with van der Waals surface area (Å²) in [5.41, 5.74) is 1.53. The smallest absolute Gasteiger partial charge is 0.333 e. The molecule has 110 valence electrons. The van der Waals surface area contributed by atoms with Gasteiger partial charge in [0, 0.05) is 18.2 Å². The number of rotatable bonds is 3. The van der Waals surface area contributed by atoms with E-state index in [0.717, 1.165) is 36.3 Å². The van der Waals surface area contributed by atoms with E-state index in [0.29, 0.717) is 6.42 Å². The topological polar surface area (TPSA) is 70.0 Å². The number of carbonyl (C=O) groups excluding carboxylic acids is 1. The van der Waals surface area contributed by atoms with Crippen LogP contribution >= 0.6 is 0 Å². The summed E-state index contributed by atoms with van der Waals surface area (Å²) in [5, 5.41) is 4.12. The first-order valence-electron chi connectivity index (χ1n) is 6.83. The van der Waals surface area contributed by atoms with Gasteiger partial charge in [0.1, 0.15) is 17.6 Å². The van der Waals surface area contributed by atoms with Gasteiger partial charge in [-0.05, 0) is 25.3 Å². The van der Waals surface area contributed by atoms with E-state index in [1.165, 1.54) is 19.4 Å². The van der Waals surface area contributed by atoms with Gasteiger partial charge in [-0.25, -0.2) is 4.79 Å². The minimum absolute atomic E-state index is 0.162. The van der Waals surface area contributed by atoms with Crippen molar-refractivity contribution in [2.75, 3.05) is 7.11 Å². The molecule has 6 nitrogen and oxygen atoms in total. The molecule has 0 amide bonds. The molecule has 0 unspecified atom stereocenters. The van der Waals surface area contributed by atoms with Gasteiger partial charge in [-0.2, -0.15) is 0 Å². The molecule has 2 heterocycles. The highest BCUT2D eigenvalue weighted by atomic mass is 16.6. The van der Waals surface area contributed by atoms with Crippen molar-refractivity contribution in [3.8, 4) is 5.75 Å². The molecule has 0 atom stereocenters. The Morgan fingerprint density at radius 2 is 2.38 bits per heavy atom. The van der Waals surface area contributed by atoms with Crippen LogP contribution in [-0.4, -0.2) is 29.4 Å². The Balaban J connectivity index is 1.80. The second kappa shape index (κ2) is 5.55. The van der Waals surface area contributed by atoms with Gasteiger partial charge in [0.15, 0.2) is 0 Å². The fraction of sp³-hybridized carbons (Fsp3) is 0.400. The number of hydrogen-bond donors (Lipinski definition) is 0. The van der Waals surface area contributed by atoms with E-state index in [1.54, 1.807) is 12.4 Å². The third-order valence-corrected chi connectivity index (χ3v) is 3.81. The van der Waals surface area contributed by atoms with Gasteiger partial charge in [-0.3, -0.25) is 4.98 Å². The average molecular weight is 288 g/mol. The zero-order valence-electron chi connectivity index (χ0n) is 11.7. The number of aromatic nitrogens is 1. The first-order chi connectivity index (χ1) is 10.2. The summed E-state index contributed by atoms with van der Waals surface area (Å²) < 4.78 is 10.5. The first kappa shape index (κ1) is 13.6. The molecule has 1 fully saturated rings. The Morgan fingerprint density at radius 3 is 3.10 bits per heavy atom. The standard InChI is InChI=1S/C15H16N2O4/c1-19-14(18)4-8-20-17-12-9-15(5-2-6-15)21-13-10-16-7-3-11(12)13/h3-4,7-8,10H,2,5-6,9H2,1H3/b8-4+,17-12+. The number of carbonyl (C=O) groups is 1. The van der Waals surface area contributed by atoms with Gasteiger partial charge in [0.05, 0.1) is 25.1 Å². The second-order valence-corrected chi connectivity index (χ2v) is 5.16. The minimum atomic E-state index is -0.484. The first-order valence-corrected chi connectivity index (χ1v) is 6.83. The van der Waals surface area contributed by atoms with E-state index in [4.69, 9.17) is 9.57 Å². The van der Waals surface area contributed by atoms with Crippen LogP contribution in [0.1, 0.15) is 31.2 Å². The summed E-state index contributed by atoms with van der Waals surface area (Å²) in [6.07, 6.45) is 9.67. The molecule has 0 aromatic carbocycles. The van der Waals surface area contributed by atoms with Crippen molar-refractivity contribution < 1.29 is 19.1 Å². The van der Waals surface area contributed by atoms with E-state index in [1.807, 2.05) is 6.07 Å². The van der Waals surface area contributed by atoms with Crippen LogP contribution in [0, 0.1) is 0 Å². The molecule has 1 aliphatic carbocycles. The lowest BCUT2D eigenvalue weighted by Gasteiger charge is -2.45. The predicted molar refractivity (Wildman–Crippen MR) is 74.8 cm³/mol. The number of pyridine rings is 1. The molecule has 3 rings (SSSR count). The highest BCUT2D eigenvalue weighted by Gasteiger charge is 2.44. The molecular weight excluding hydrogens is 272 g/mol. The van der Waals surface area contributed by atoms with Gasteiger partial charge < -0.3 is 14.3 Å². The largest absolute Gasteiger partial charge is 0.485 e. The fourth-order valence-electron chi connectivity index (χ4n) is 2.55. The maximum atomic E-state index is 11.0. The predicted octanol–water partition coefficient (Wildman–Crippen LogP) is 2.19. The van der Waals surface area contributed by atoms with Gasteiger partial charge in [-0.1, -0.05) is 5.16 Å². The van der Waals surface area contributed by atoms with Crippen LogP contribution < -0.4 is 4.74 Å². The molecule has 1 aromatic heterocycles. The van der Waals surface area contributed by atoms with Crippen LogP contribution in [0.2, 0.25) is 0 Å². The highest BCUT2D eigenvalue weighted by molar-refractivity contribution is 6.04. The summed E-state index contributed by atoms with van der Waals surface area (Å²) in [6, 6.07) is 1.85. The number of oxime groups is 1. The number of ether oxygens (including phenoxy) is 2. The lowest BCUT2D eigenvalue weighted by molar-refractivity contribution is -0.135. The monoisotopic (exact) mass is 288 g/mol. The summed E-state index contributed by atoms with van der Waals surface area (Å²) in [4.78, 5) is 20.1. The molecule has 1 spiro atoms. The van der Waals surface area contributed by atoms with Gasteiger partial charge in [0.25, 0.3) is 0 Å². The minimum Gasteiger partial charge on any atom is -0.485 e. The number of nitrogens with zero attached hydrogens (tertiary/aromatic N) is 2. The van der Waals surface area contributed by atoms with Crippen molar-refractivity contribution in [1.29, 1.82) is 0 Å². The van der Waals surface area contributed by atoms with Crippen molar-refractivity contribution in [2.45, 2.75) is 31.3 Å².